The zero-order valence-electron chi connectivity index (χ0n) is 23.7. The molecular weight excluding hydrogens is 452 g/mol. The average molecular weight is 501 g/mol. The minimum absolute atomic E-state index is 0.0986. The van der Waals surface area contributed by atoms with Crippen molar-refractivity contribution in [3.8, 4) is 0 Å². The average Bonchev–Trinajstić information content (AvgIpc) is 3.01. The maximum atomic E-state index is 13.8. The van der Waals surface area contributed by atoms with Gasteiger partial charge in [-0.15, -0.1) is 0 Å². The molecule has 4 aliphatic rings. The highest BCUT2D eigenvalue weighted by atomic mass is 16.5. The smallest absolute Gasteiger partial charge is 0.333 e. The Balaban J connectivity index is 1.65. The van der Waals surface area contributed by atoms with Gasteiger partial charge < -0.3 is 14.9 Å². The van der Waals surface area contributed by atoms with E-state index in [1.807, 2.05) is 0 Å². The number of hydrogen-bond donors (Lipinski definition) is 2. The highest BCUT2D eigenvalue weighted by Crippen LogP contribution is 2.70. The second kappa shape index (κ2) is 9.08. The van der Waals surface area contributed by atoms with Crippen LogP contribution >= 0.6 is 0 Å². The molecule has 202 valence electrons. The number of carbonyl (C=O) groups excluding carboxylic acids is 2. The lowest BCUT2D eigenvalue weighted by Crippen LogP contribution is -2.56. The number of ether oxygens (including phenoxy) is 1. The molecule has 5 nitrogen and oxygen atoms in total. The van der Waals surface area contributed by atoms with Crippen LogP contribution in [-0.2, 0) is 14.3 Å². The Bertz CT molecular complexity index is 991. The van der Waals surface area contributed by atoms with Gasteiger partial charge in [0.2, 0.25) is 0 Å². The van der Waals surface area contributed by atoms with Gasteiger partial charge in [0.05, 0.1) is 19.3 Å². The summed E-state index contributed by atoms with van der Waals surface area (Å²) in [5.74, 6) is 0.870. The van der Waals surface area contributed by atoms with E-state index in [1.54, 1.807) is 13.0 Å². The van der Waals surface area contributed by atoms with E-state index >= 15 is 0 Å². The summed E-state index contributed by atoms with van der Waals surface area (Å²) in [4.78, 5) is 25.6. The van der Waals surface area contributed by atoms with E-state index in [1.165, 1.54) is 12.7 Å². The number of carbonyl (C=O) groups is 2. The van der Waals surface area contributed by atoms with Crippen LogP contribution in [0.25, 0.3) is 0 Å². The molecule has 3 saturated carbocycles. The molecule has 0 bridgehead atoms. The number of allylic oxidation sites excluding steroid dienone is 2. The van der Waals surface area contributed by atoms with Gasteiger partial charge in [0.25, 0.3) is 0 Å². The first kappa shape index (κ1) is 27.6. The molecular formula is C31H48O5. The molecule has 8 atom stereocenters. The van der Waals surface area contributed by atoms with E-state index in [-0.39, 0.29) is 33.7 Å². The SMILES string of the molecule is COC(=O)C(C)=CC(O)CC(C)C1(C)CC(=O)C2=C3CCC4C(C)(C)C(O)CCC4(C)C3CCC21C. The van der Waals surface area contributed by atoms with E-state index in [4.69, 9.17) is 4.74 Å². The zero-order chi connectivity index (χ0) is 26.8. The topological polar surface area (TPSA) is 83.8 Å². The van der Waals surface area contributed by atoms with Crippen LogP contribution in [0.1, 0.15) is 99.8 Å². The molecule has 4 rings (SSSR count). The van der Waals surface area contributed by atoms with Crippen molar-refractivity contribution in [3.05, 3.63) is 22.8 Å². The number of Topliss-reactive ketones (excluding diaryl/α,β-unsaturated/α-hetero) is 1. The van der Waals surface area contributed by atoms with Crippen molar-refractivity contribution in [1.29, 1.82) is 0 Å². The number of esters is 1. The highest BCUT2D eigenvalue weighted by molar-refractivity contribution is 6.01. The molecule has 8 unspecified atom stereocenters. The molecule has 4 aliphatic carbocycles. The minimum atomic E-state index is -0.757. The Labute approximate surface area is 217 Å². The highest BCUT2D eigenvalue weighted by Gasteiger charge is 2.64. The number of hydrogen-bond acceptors (Lipinski definition) is 5. The minimum Gasteiger partial charge on any atom is -0.466 e. The third kappa shape index (κ3) is 3.86. The molecule has 0 heterocycles. The number of ketones is 1. The Hall–Kier alpha value is -1.46. The molecule has 2 N–H and O–H groups in total. The summed E-state index contributed by atoms with van der Waals surface area (Å²) in [6.45, 7) is 15.3. The van der Waals surface area contributed by atoms with Gasteiger partial charge in [0, 0.05) is 23.0 Å². The molecule has 0 amide bonds. The van der Waals surface area contributed by atoms with Gasteiger partial charge >= 0.3 is 5.97 Å². The monoisotopic (exact) mass is 500 g/mol. The second-order valence-corrected chi connectivity index (χ2v) is 13.9. The third-order valence-corrected chi connectivity index (χ3v) is 11.9. The normalized spacial score (nSPS) is 41.8. The summed E-state index contributed by atoms with van der Waals surface area (Å²) in [5.41, 5.74) is 2.50. The van der Waals surface area contributed by atoms with Crippen molar-refractivity contribution in [1.82, 2.24) is 0 Å². The van der Waals surface area contributed by atoms with Crippen molar-refractivity contribution >= 4 is 11.8 Å². The van der Waals surface area contributed by atoms with Gasteiger partial charge in [-0.1, -0.05) is 47.1 Å². The second-order valence-electron chi connectivity index (χ2n) is 13.9. The molecule has 0 saturated heterocycles. The van der Waals surface area contributed by atoms with Crippen molar-refractivity contribution in [3.63, 3.8) is 0 Å². The summed E-state index contributed by atoms with van der Waals surface area (Å²) < 4.78 is 4.77. The Morgan fingerprint density at radius 3 is 2.44 bits per heavy atom. The van der Waals surface area contributed by atoms with Crippen molar-refractivity contribution in [2.45, 2.75) is 112 Å². The molecule has 0 aromatic heterocycles. The molecule has 0 aliphatic heterocycles. The van der Waals surface area contributed by atoms with E-state index < -0.39 is 12.1 Å². The molecule has 0 aromatic carbocycles. The molecule has 0 spiro atoms. The molecule has 5 heteroatoms. The fourth-order valence-corrected chi connectivity index (χ4v) is 9.38. The van der Waals surface area contributed by atoms with Gasteiger partial charge in [-0.2, -0.15) is 0 Å². The predicted molar refractivity (Wildman–Crippen MR) is 141 cm³/mol. The third-order valence-electron chi connectivity index (χ3n) is 11.9. The largest absolute Gasteiger partial charge is 0.466 e. The summed E-state index contributed by atoms with van der Waals surface area (Å²) in [6.07, 6.45) is 7.56. The van der Waals surface area contributed by atoms with Crippen LogP contribution in [0.15, 0.2) is 22.8 Å². The summed E-state index contributed by atoms with van der Waals surface area (Å²) in [7, 11) is 1.34. The van der Waals surface area contributed by atoms with Crippen molar-refractivity contribution in [2.24, 2.45) is 39.4 Å². The van der Waals surface area contributed by atoms with Crippen molar-refractivity contribution < 1.29 is 24.5 Å². The van der Waals surface area contributed by atoms with Gasteiger partial charge in [-0.3, -0.25) is 4.79 Å². The number of aliphatic hydroxyl groups excluding tert-OH is 2. The number of methoxy groups -OCH3 is 1. The lowest BCUT2D eigenvalue weighted by Gasteiger charge is -2.62. The van der Waals surface area contributed by atoms with Crippen LogP contribution in [0.2, 0.25) is 0 Å². The Morgan fingerprint density at radius 1 is 1.14 bits per heavy atom. The standard InChI is InChI=1S/C31H48O5/c1-18(27(35)36-8)15-20(32)16-19(2)31(7)17-23(33)26-21-9-10-24-28(3,4)25(34)12-13-29(24,5)22(21)11-14-30(26,31)6/h15,19-20,22,24-25,32,34H,9-14,16-17H2,1-8H3. The van der Waals surface area contributed by atoms with Gasteiger partial charge in [0.15, 0.2) is 5.78 Å². The fraction of sp³-hybridized carbons (Fsp3) is 0.806. The maximum Gasteiger partial charge on any atom is 0.333 e. The maximum absolute atomic E-state index is 13.8. The van der Waals surface area contributed by atoms with Gasteiger partial charge in [0.1, 0.15) is 0 Å². The van der Waals surface area contributed by atoms with Crippen LogP contribution in [0, 0.1) is 39.4 Å². The quantitative estimate of drug-likeness (QED) is 0.369. The number of rotatable bonds is 5. The Kier molecular flexibility index (Phi) is 6.95. The molecule has 36 heavy (non-hydrogen) atoms. The zero-order valence-corrected chi connectivity index (χ0v) is 23.7. The van der Waals surface area contributed by atoms with Crippen LogP contribution in [0.3, 0.4) is 0 Å². The van der Waals surface area contributed by atoms with E-state index in [0.29, 0.717) is 36.0 Å². The van der Waals surface area contributed by atoms with Crippen LogP contribution in [0.5, 0.6) is 0 Å². The summed E-state index contributed by atoms with van der Waals surface area (Å²) in [5, 5.41) is 21.6. The van der Waals surface area contributed by atoms with Crippen LogP contribution in [-0.4, -0.2) is 41.3 Å². The van der Waals surface area contributed by atoms with Crippen LogP contribution in [0.4, 0.5) is 0 Å². The lowest BCUT2D eigenvalue weighted by molar-refractivity contribution is -0.136. The first-order chi connectivity index (χ1) is 16.6. The van der Waals surface area contributed by atoms with Crippen LogP contribution < -0.4 is 0 Å². The number of aliphatic hydroxyl groups is 2. The predicted octanol–water partition coefficient (Wildman–Crippen LogP) is 5.78. The van der Waals surface area contributed by atoms with Gasteiger partial charge in [-0.05, 0) is 91.9 Å². The fourth-order valence-electron chi connectivity index (χ4n) is 9.38. The summed E-state index contributed by atoms with van der Waals surface area (Å²) in [6, 6.07) is 0. The van der Waals surface area contributed by atoms with E-state index in [0.717, 1.165) is 44.1 Å². The first-order valence-electron chi connectivity index (χ1n) is 14.0. The first-order valence-corrected chi connectivity index (χ1v) is 14.0. The molecule has 3 fully saturated rings. The van der Waals surface area contributed by atoms with Gasteiger partial charge in [-0.25, -0.2) is 4.79 Å². The molecule has 0 radical (unpaired) electrons. The summed E-state index contributed by atoms with van der Waals surface area (Å²) >= 11 is 0. The lowest BCUT2D eigenvalue weighted by atomic mass is 9.43. The van der Waals surface area contributed by atoms with Crippen molar-refractivity contribution in [2.75, 3.05) is 7.11 Å². The van der Waals surface area contributed by atoms with E-state index in [2.05, 4.69) is 41.5 Å². The Morgan fingerprint density at radius 2 is 1.81 bits per heavy atom. The molecule has 0 aromatic rings. The number of fused-ring (bicyclic) bond motifs is 4. The van der Waals surface area contributed by atoms with E-state index in [9.17, 15) is 19.8 Å².